The molecule has 4 aromatic heterocycles. The van der Waals surface area contributed by atoms with Crippen LogP contribution in [0.5, 0.6) is 0 Å². The number of carbonyl (C=O) groups excluding carboxylic acids is 1. The molecule has 0 amide bonds. The van der Waals surface area contributed by atoms with Crippen molar-refractivity contribution in [2.75, 3.05) is 20.1 Å². The van der Waals surface area contributed by atoms with E-state index in [-0.39, 0.29) is 24.4 Å². The lowest BCUT2D eigenvalue weighted by Gasteiger charge is -2.28. The monoisotopic (exact) mass is 509 g/mol. The average molecular weight is 509 g/mol. The van der Waals surface area contributed by atoms with Crippen molar-refractivity contribution in [2.45, 2.75) is 31.9 Å². The fourth-order valence-corrected chi connectivity index (χ4v) is 3.45. The predicted molar refractivity (Wildman–Crippen MR) is 123 cm³/mol. The molecule has 8 nitrogen and oxygen atoms in total. The Bertz CT molecular complexity index is 1270. The molecule has 0 saturated carbocycles. The van der Waals surface area contributed by atoms with E-state index in [1.54, 1.807) is 24.5 Å². The second-order valence-electron chi connectivity index (χ2n) is 8.18. The van der Waals surface area contributed by atoms with Crippen molar-refractivity contribution in [3.8, 4) is 17.2 Å². The molecule has 13 heteroatoms. The molecule has 5 rings (SSSR count). The number of alkyl halides is 5. The zero-order valence-corrected chi connectivity index (χ0v) is 19.6. The largest absolute Gasteiger partial charge is 0.451 e. The lowest BCUT2D eigenvalue weighted by Crippen LogP contribution is -2.36. The Morgan fingerprint density at radius 3 is 2.31 bits per heavy atom. The van der Waals surface area contributed by atoms with Crippen molar-refractivity contribution in [1.82, 2.24) is 34.6 Å². The minimum atomic E-state index is -4.57. The number of pyridine rings is 2. The van der Waals surface area contributed by atoms with Crippen LogP contribution in [0.2, 0.25) is 0 Å². The minimum Gasteiger partial charge on any atom is -0.307 e. The quantitative estimate of drug-likeness (QED) is 0.394. The summed E-state index contributed by atoms with van der Waals surface area (Å²) < 4.78 is 64.3. The zero-order chi connectivity index (χ0) is 26.5. The van der Waals surface area contributed by atoms with Crippen LogP contribution in [-0.4, -0.2) is 67.5 Å². The van der Waals surface area contributed by atoms with Gasteiger partial charge in [0.15, 0.2) is 5.82 Å². The minimum absolute atomic E-state index is 0.0312. The van der Waals surface area contributed by atoms with Gasteiger partial charge in [0.1, 0.15) is 18.1 Å². The number of halogens is 5. The maximum Gasteiger partial charge on any atom is 0.451 e. The smallest absolute Gasteiger partial charge is 0.307 e. The number of nitrogens with zero attached hydrogens (tertiary/aromatic N) is 6. The Balaban J connectivity index is 0.000000276. The summed E-state index contributed by atoms with van der Waals surface area (Å²) in [6, 6.07) is 7.26. The number of aromatic nitrogens is 6. The number of nitrogens with one attached hydrogen (secondary N) is 1. The Morgan fingerprint density at radius 1 is 1.06 bits per heavy atom. The molecule has 0 spiro atoms. The van der Waals surface area contributed by atoms with E-state index in [4.69, 9.17) is 4.79 Å². The maximum atomic E-state index is 12.6. The summed E-state index contributed by atoms with van der Waals surface area (Å²) in [6.07, 6.45) is 0.668. The first-order valence-corrected chi connectivity index (χ1v) is 10.8. The van der Waals surface area contributed by atoms with Gasteiger partial charge in [-0.3, -0.25) is 14.6 Å². The maximum absolute atomic E-state index is 12.6. The van der Waals surface area contributed by atoms with E-state index in [1.165, 1.54) is 0 Å². The molecule has 0 aliphatic carbocycles. The molecule has 1 saturated heterocycles. The van der Waals surface area contributed by atoms with Crippen LogP contribution in [0.3, 0.4) is 0 Å². The standard InChI is InChI=1S/C16H11F3N6.C6H11F2N.CH2O/c1-9-6-10-4-5-25(14(10)21-7-9)11-2-3-12(20-8-11)13-22-15(24-23-13)16(17,18)19;1-9-4-2-6(7,8)3-5-9;1-2/h2-8H,1H3,(H,22,23,24);2-5H2,1H3;1H2. The molecule has 1 aliphatic heterocycles. The van der Waals surface area contributed by atoms with Crippen LogP contribution in [0.15, 0.2) is 42.9 Å². The van der Waals surface area contributed by atoms with Crippen LogP contribution in [0.25, 0.3) is 28.2 Å². The van der Waals surface area contributed by atoms with Gasteiger partial charge in [-0.2, -0.15) is 18.3 Å². The molecule has 0 aromatic carbocycles. The first-order valence-electron chi connectivity index (χ1n) is 10.8. The van der Waals surface area contributed by atoms with Gasteiger partial charge < -0.3 is 9.69 Å². The molecule has 1 fully saturated rings. The summed E-state index contributed by atoms with van der Waals surface area (Å²) in [5.41, 5.74) is 2.82. The van der Waals surface area contributed by atoms with Crippen LogP contribution < -0.4 is 0 Å². The molecular formula is C23H24F5N7O. The van der Waals surface area contributed by atoms with E-state index in [1.807, 2.05) is 53.7 Å². The Hall–Kier alpha value is -3.74. The van der Waals surface area contributed by atoms with Gasteiger partial charge in [0.2, 0.25) is 5.82 Å². The van der Waals surface area contributed by atoms with E-state index in [0.717, 1.165) is 22.3 Å². The van der Waals surface area contributed by atoms with Crippen molar-refractivity contribution < 1.29 is 26.7 Å². The summed E-state index contributed by atoms with van der Waals surface area (Å²) in [4.78, 5) is 21.9. The molecule has 36 heavy (non-hydrogen) atoms. The highest BCUT2D eigenvalue weighted by Crippen LogP contribution is 2.28. The van der Waals surface area contributed by atoms with Crippen molar-refractivity contribution in [2.24, 2.45) is 0 Å². The van der Waals surface area contributed by atoms with Crippen molar-refractivity contribution in [3.63, 3.8) is 0 Å². The molecule has 0 bridgehead atoms. The van der Waals surface area contributed by atoms with E-state index in [2.05, 4.69) is 20.1 Å². The van der Waals surface area contributed by atoms with Crippen LogP contribution in [-0.2, 0) is 11.0 Å². The first kappa shape index (κ1) is 26.9. The van der Waals surface area contributed by atoms with Crippen LogP contribution in [0.1, 0.15) is 24.2 Å². The summed E-state index contributed by atoms with van der Waals surface area (Å²) in [7, 11) is 1.87. The van der Waals surface area contributed by atoms with Gasteiger partial charge in [-0.25, -0.2) is 18.7 Å². The molecule has 0 atom stereocenters. The van der Waals surface area contributed by atoms with E-state index in [0.29, 0.717) is 13.1 Å². The lowest BCUT2D eigenvalue weighted by atomic mass is 10.1. The number of hydrogen-bond donors (Lipinski definition) is 1. The molecule has 0 unspecified atom stereocenters. The van der Waals surface area contributed by atoms with Crippen LogP contribution >= 0.6 is 0 Å². The van der Waals surface area contributed by atoms with E-state index in [9.17, 15) is 22.0 Å². The summed E-state index contributed by atoms with van der Waals surface area (Å²) in [6.45, 7) is 5.03. The van der Waals surface area contributed by atoms with Gasteiger partial charge in [0, 0.05) is 43.7 Å². The normalized spacial score (nSPS) is 15.5. The number of rotatable bonds is 2. The number of likely N-dealkylation sites (tertiary alicyclic amines) is 1. The van der Waals surface area contributed by atoms with Gasteiger partial charge in [-0.15, -0.1) is 0 Å². The third-order valence-corrected chi connectivity index (χ3v) is 5.39. The molecule has 0 radical (unpaired) electrons. The van der Waals surface area contributed by atoms with Crippen molar-refractivity contribution in [1.29, 1.82) is 0 Å². The number of piperidine rings is 1. The van der Waals surface area contributed by atoms with Gasteiger partial charge in [0.25, 0.3) is 5.92 Å². The molecule has 1 N–H and O–H groups in total. The second kappa shape index (κ2) is 10.9. The number of carbonyl (C=O) groups is 1. The molecule has 192 valence electrons. The fraction of sp³-hybridized carbons (Fsp3) is 0.348. The summed E-state index contributed by atoms with van der Waals surface area (Å²) in [5, 5.41) is 6.44. The lowest BCUT2D eigenvalue weighted by molar-refractivity contribution is -0.144. The van der Waals surface area contributed by atoms with Crippen molar-refractivity contribution >= 4 is 17.8 Å². The third-order valence-electron chi connectivity index (χ3n) is 5.39. The highest BCUT2D eigenvalue weighted by atomic mass is 19.4. The Morgan fingerprint density at radius 2 is 1.75 bits per heavy atom. The number of aryl methyl sites for hydroxylation is 1. The Kier molecular flexibility index (Phi) is 8.13. The predicted octanol–water partition coefficient (Wildman–Crippen LogP) is 4.70. The first-order chi connectivity index (χ1) is 17.0. The third kappa shape index (κ3) is 6.47. The van der Waals surface area contributed by atoms with Gasteiger partial charge in [-0.05, 0) is 43.8 Å². The van der Waals surface area contributed by atoms with E-state index < -0.39 is 17.9 Å². The van der Waals surface area contributed by atoms with Gasteiger partial charge in [-0.1, -0.05) is 0 Å². The highest BCUT2D eigenvalue weighted by molar-refractivity contribution is 5.78. The average Bonchev–Trinajstić information content (AvgIpc) is 3.50. The Labute approximate surface area is 203 Å². The van der Waals surface area contributed by atoms with Crippen molar-refractivity contribution in [3.05, 3.63) is 54.2 Å². The molecule has 1 aliphatic rings. The number of aromatic amines is 1. The number of H-pyrrole nitrogens is 1. The zero-order valence-electron chi connectivity index (χ0n) is 19.6. The summed E-state index contributed by atoms with van der Waals surface area (Å²) >= 11 is 0. The van der Waals surface area contributed by atoms with Crippen LogP contribution in [0.4, 0.5) is 22.0 Å². The van der Waals surface area contributed by atoms with E-state index >= 15 is 0 Å². The molecular weight excluding hydrogens is 485 g/mol. The fourth-order valence-electron chi connectivity index (χ4n) is 3.45. The van der Waals surface area contributed by atoms with Gasteiger partial charge >= 0.3 is 6.18 Å². The molecule has 5 heterocycles. The topological polar surface area (TPSA) is 92.6 Å². The number of fused-ring (bicyclic) bond motifs is 1. The second-order valence-corrected chi connectivity index (χ2v) is 8.18. The summed E-state index contributed by atoms with van der Waals surface area (Å²) in [5.74, 6) is -3.64. The van der Waals surface area contributed by atoms with Gasteiger partial charge in [0.05, 0.1) is 11.9 Å². The molecule has 4 aromatic rings. The SMILES string of the molecule is C=O.CN1CCC(F)(F)CC1.Cc1cnc2c(ccn2-c2ccc(-c3n[nH]c(C(F)(F)F)n3)nc2)c1. The number of hydrogen-bond acceptors (Lipinski definition) is 6. The van der Waals surface area contributed by atoms with Crippen LogP contribution in [0, 0.1) is 6.92 Å². The highest BCUT2D eigenvalue weighted by Gasteiger charge is 2.35.